The Morgan fingerprint density at radius 3 is 2.60 bits per heavy atom. The van der Waals surface area contributed by atoms with Gasteiger partial charge in [0.2, 0.25) is 11.8 Å². The summed E-state index contributed by atoms with van der Waals surface area (Å²) < 4.78 is 5.79. The molecule has 0 saturated carbocycles. The highest BCUT2D eigenvalue weighted by Gasteiger charge is 2.36. The van der Waals surface area contributed by atoms with E-state index in [1.165, 1.54) is 14.0 Å². The number of nitrogens with one attached hydrogen (secondary N) is 1. The molecule has 3 amide bonds. The van der Waals surface area contributed by atoms with Crippen molar-refractivity contribution < 1.29 is 19.1 Å². The van der Waals surface area contributed by atoms with Gasteiger partial charge in [-0.3, -0.25) is 14.4 Å². The molecule has 1 N–H and O–H groups in total. The number of nitrogens with zero attached hydrogens (tertiary/aromatic N) is 2. The Bertz CT molecular complexity index is 1030. The van der Waals surface area contributed by atoms with E-state index in [-0.39, 0.29) is 30.7 Å². The number of hydrogen-bond acceptors (Lipinski definition) is 4. The molecule has 0 aromatic heterocycles. The summed E-state index contributed by atoms with van der Waals surface area (Å²) in [7, 11) is 1.54. The molecule has 2 atom stereocenters. The third kappa shape index (κ3) is 3.54. The third-order valence-electron chi connectivity index (χ3n) is 5.45. The van der Waals surface area contributed by atoms with Crippen LogP contribution in [0.2, 0.25) is 0 Å². The van der Waals surface area contributed by atoms with Crippen LogP contribution in [-0.2, 0) is 14.4 Å². The molecule has 7 nitrogen and oxygen atoms in total. The number of likely N-dealkylation sites (N-methyl/N-ethyl adjacent to an activating group) is 1. The maximum Gasteiger partial charge on any atom is 0.262 e. The number of carbonyl (C=O) groups is 3. The summed E-state index contributed by atoms with van der Waals surface area (Å²) in [5.41, 5.74) is 2.53. The summed E-state index contributed by atoms with van der Waals surface area (Å²) in [6.07, 6.45) is 2.90. The Hall–Kier alpha value is -3.61. The van der Waals surface area contributed by atoms with Gasteiger partial charge in [0.25, 0.3) is 5.91 Å². The molecular formula is C23H23N3O4. The molecule has 0 saturated heterocycles. The van der Waals surface area contributed by atoms with Crippen LogP contribution in [0.1, 0.15) is 30.5 Å². The number of amides is 3. The first-order valence-corrected chi connectivity index (χ1v) is 9.83. The first-order chi connectivity index (χ1) is 14.5. The average Bonchev–Trinajstić information content (AvgIpc) is 2.77. The molecule has 154 valence electrons. The molecule has 0 unspecified atom stereocenters. The minimum absolute atomic E-state index is 0.0930. The van der Waals surface area contributed by atoms with Gasteiger partial charge in [-0.25, -0.2) is 0 Å². The lowest BCUT2D eigenvalue weighted by Crippen LogP contribution is -2.50. The van der Waals surface area contributed by atoms with Crippen molar-refractivity contribution >= 4 is 29.5 Å². The minimum Gasteiger partial charge on any atom is -0.477 e. The van der Waals surface area contributed by atoms with E-state index in [1.54, 1.807) is 34.2 Å². The maximum atomic E-state index is 13.4. The maximum absolute atomic E-state index is 13.4. The van der Waals surface area contributed by atoms with Gasteiger partial charge in [0.1, 0.15) is 5.75 Å². The van der Waals surface area contributed by atoms with Gasteiger partial charge in [-0.15, -0.1) is 0 Å². The summed E-state index contributed by atoms with van der Waals surface area (Å²) >= 11 is 0. The van der Waals surface area contributed by atoms with Crippen LogP contribution < -0.4 is 15.0 Å². The smallest absolute Gasteiger partial charge is 0.262 e. The van der Waals surface area contributed by atoms with Gasteiger partial charge in [0, 0.05) is 20.2 Å². The fraction of sp³-hybridized carbons (Fsp3) is 0.261. The van der Waals surface area contributed by atoms with Crippen molar-refractivity contribution in [3.63, 3.8) is 0 Å². The highest BCUT2D eigenvalue weighted by molar-refractivity contribution is 5.98. The van der Waals surface area contributed by atoms with Gasteiger partial charge in [0.05, 0.1) is 24.7 Å². The van der Waals surface area contributed by atoms with Crippen LogP contribution in [0.4, 0.5) is 5.69 Å². The molecule has 0 fully saturated rings. The number of carbonyl (C=O) groups excluding carboxylic acids is 3. The Morgan fingerprint density at radius 2 is 1.83 bits per heavy atom. The standard InChI is InChI=1S/C23H23N3O4/c1-15(27)25-12-11-16-7-3-4-8-17(16)19(25)13-22(28)26-14-21(23(29)24-2)30-20-10-6-5-9-18(20)26/h3-12,19,21H,13-14H2,1-2H3,(H,24,29)/t19-,21-/m1/s1. The lowest BCUT2D eigenvalue weighted by molar-refractivity contribution is -0.129. The molecule has 2 aliphatic heterocycles. The lowest BCUT2D eigenvalue weighted by atomic mass is 9.93. The van der Waals surface area contributed by atoms with Gasteiger partial charge in [-0.1, -0.05) is 36.4 Å². The van der Waals surface area contributed by atoms with Crippen molar-refractivity contribution in [1.82, 2.24) is 10.2 Å². The second-order valence-corrected chi connectivity index (χ2v) is 7.28. The van der Waals surface area contributed by atoms with Crippen molar-refractivity contribution in [3.05, 3.63) is 65.9 Å². The highest BCUT2D eigenvalue weighted by atomic mass is 16.5. The van der Waals surface area contributed by atoms with Crippen LogP contribution in [0.5, 0.6) is 5.75 Å². The predicted octanol–water partition coefficient (Wildman–Crippen LogP) is 2.49. The van der Waals surface area contributed by atoms with Crippen molar-refractivity contribution in [2.45, 2.75) is 25.5 Å². The fourth-order valence-electron chi connectivity index (χ4n) is 3.96. The molecule has 0 bridgehead atoms. The highest BCUT2D eigenvalue weighted by Crippen LogP contribution is 2.37. The molecule has 4 rings (SSSR count). The summed E-state index contributed by atoms with van der Waals surface area (Å²) in [6.45, 7) is 1.60. The number of ether oxygens (including phenoxy) is 1. The number of benzene rings is 2. The molecule has 0 spiro atoms. The van der Waals surface area contributed by atoms with Gasteiger partial charge in [0.15, 0.2) is 6.10 Å². The van der Waals surface area contributed by atoms with E-state index in [1.807, 2.05) is 36.4 Å². The summed E-state index contributed by atoms with van der Waals surface area (Å²) in [6, 6.07) is 14.5. The first-order valence-electron chi connectivity index (χ1n) is 9.83. The quantitative estimate of drug-likeness (QED) is 0.851. The van der Waals surface area contributed by atoms with Crippen LogP contribution in [0.15, 0.2) is 54.7 Å². The largest absolute Gasteiger partial charge is 0.477 e. The Labute approximate surface area is 174 Å². The summed E-state index contributed by atoms with van der Waals surface area (Å²) in [4.78, 5) is 41.0. The van der Waals surface area contributed by atoms with Gasteiger partial charge >= 0.3 is 0 Å². The number of rotatable bonds is 3. The minimum atomic E-state index is -0.795. The molecule has 0 radical (unpaired) electrons. The van der Waals surface area contributed by atoms with Gasteiger partial charge in [-0.05, 0) is 29.3 Å². The van der Waals surface area contributed by atoms with Crippen LogP contribution in [0, 0.1) is 0 Å². The van der Waals surface area contributed by atoms with Crippen molar-refractivity contribution in [1.29, 1.82) is 0 Å². The molecular weight excluding hydrogens is 382 g/mol. The Kier molecular flexibility index (Phi) is 5.27. The fourth-order valence-corrected chi connectivity index (χ4v) is 3.96. The molecule has 2 aromatic rings. The number of para-hydroxylation sites is 2. The van der Waals surface area contributed by atoms with E-state index in [2.05, 4.69) is 5.32 Å². The topological polar surface area (TPSA) is 79.0 Å². The van der Waals surface area contributed by atoms with E-state index in [4.69, 9.17) is 4.74 Å². The molecule has 2 aliphatic rings. The van der Waals surface area contributed by atoms with Gasteiger partial charge < -0.3 is 19.9 Å². The number of anilines is 1. The molecule has 2 heterocycles. The zero-order valence-corrected chi connectivity index (χ0v) is 16.9. The van der Waals surface area contributed by atoms with Crippen molar-refractivity contribution in [2.24, 2.45) is 0 Å². The van der Waals surface area contributed by atoms with Crippen LogP contribution in [0.3, 0.4) is 0 Å². The zero-order chi connectivity index (χ0) is 21.3. The van der Waals surface area contributed by atoms with E-state index in [0.717, 1.165) is 11.1 Å². The molecule has 7 heteroatoms. The number of fused-ring (bicyclic) bond motifs is 2. The van der Waals surface area contributed by atoms with Crippen LogP contribution in [0.25, 0.3) is 6.08 Å². The predicted molar refractivity (Wildman–Crippen MR) is 113 cm³/mol. The molecule has 2 aromatic carbocycles. The normalized spacial score (nSPS) is 19.4. The SMILES string of the molecule is CNC(=O)[C@H]1CN(C(=O)C[C@@H]2c3ccccc3C=CN2C(C)=O)c2ccccc2O1. The molecule has 0 aliphatic carbocycles. The Balaban J connectivity index is 1.66. The third-order valence-corrected chi connectivity index (χ3v) is 5.45. The molecule has 30 heavy (non-hydrogen) atoms. The van der Waals surface area contributed by atoms with Crippen molar-refractivity contribution in [2.75, 3.05) is 18.5 Å². The second-order valence-electron chi connectivity index (χ2n) is 7.28. The van der Waals surface area contributed by atoms with E-state index in [9.17, 15) is 14.4 Å². The average molecular weight is 405 g/mol. The zero-order valence-electron chi connectivity index (χ0n) is 16.9. The van der Waals surface area contributed by atoms with Gasteiger partial charge in [-0.2, -0.15) is 0 Å². The summed E-state index contributed by atoms with van der Waals surface area (Å²) in [5, 5.41) is 2.58. The Morgan fingerprint density at radius 1 is 1.10 bits per heavy atom. The lowest BCUT2D eigenvalue weighted by Gasteiger charge is -2.37. The summed E-state index contributed by atoms with van der Waals surface area (Å²) in [5.74, 6) is -0.123. The van der Waals surface area contributed by atoms with Crippen LogP contribution in [-0.4, -0.2) is 42.3 Å². The van der Waals surface area contributed by atoms with E-state index < -0.39 is 12.1 Å². The van der Waals surface area contributed by atoms with E-state index in [0.29, 0.717) is 11.4 Å². The monoisotopic (exact) mass is 405 g/mol. The van der Waals surface area contributed by atoms with Crippen molar-refractivity contribution in [3.8, 4) is 5.75 Å². The van der Waals surface area contributed by atoms with E-state index >= 15 is 0 Å². The van der Waals surface area contributed by atoms with Crippen LogP contribution >= 0.6 is 0 Å². The second kappa shape index (κ2) is 8.02. The first kappa shape index (κ1) is 19.7. The number of hydrogen-bond donors (Lipinski definition) is 1.